The van der Waals surface area contributed by atoms with Gasteiger partial charge >= 0.3 is 0 Å². The third kappa shape index (κ3) is 5.51. The number of aromatic nitrogens is 4. The number of methoxy groups -OCH3 is 1. The third-order valence-electron chi connectivity index (χ3n) is 4.76. The van der Waals surface area contributed by atoms with E-state index in [1.165, 1.54) is 0 Å². The van der Waals surface area contributed by atoms with E-state index in [2.05, 4.69) is 57.0 Å². The summed E-state index contributed by atoms with van der Waals surface area (Å²) in [7, 11) is 1.62. The van der Waals surface area contributed by atoms with Crippen molar-refractivity contribution in [2.24, 2.45) is 0 Å². The van der Waals surface area contributed by atoms with Crippen LogP contribution in [0.4, 0.5) is 5.82 Å². The molecule has 0 radical (unpaired) electrons. The number of nitrogens with one attached hydrogen (secondary N) is 1. The van der Waals surface area contributed by atoms with E-state index in [1.54, 1.807) is 7.11 Å². The molecule has 3 aromatic rings. The number of aryl methyl sites for hydroxylation is 1. The molecule has 0 unspecified atom stereocenters. The molecule has 3 rings (SSSR count). The first-order chi connectivity index (χ1) is 14.5. The van der Waals surface area contributed by atoms with E-state index in [-0.39, 0.29) is 23.3 Å². The molecule has 0 saturated carbocycles. The highest BCUT2D eigenvalue weighted by atomic mass is 16.5. The number of carbonyl (C=O) groups excluding carboxylic acids is 1. The molecular weight excluding hydrogens is 394 g/mol. The summed E-state index contributed by atoms with van der Waals surface area (Å²) in [5.74, 6) is 2.22. The summed E-state index contributed by atoms with van der Waals surface area (Å²) in [4.78, 5) is 17.0. The van der Waals surface area contributed by atoms with E-state index in [0.29, 0.717) is 24.0 Å². The summed E-state index contributed by atoms with van der Waals surface area (Å²) >= 11 is 0. The zero-order valence-corrected chi connectivity index (χ0v) is 19.3. The van der Waals surface area contributed by atoms with E-state index in [1.807, 2.05) is 35.0 Å². The van der Waals surface area contributed by atoms with E-state index in [4.69, 9.17) is 14.4 Å². The predicted octanol–water partition coefficient (Wildman–Crippen LogP) is 4.57. The van der Waals surface area contributed by atoms with E-state index in [9.17, 15) is 4.79 Å². The lowest BCUT2D eigenvalue weighted by Crippen LogP contribution is -2.27. The standard InChI is InChI=1S/C23H31N5O3/c1-22(2,3)17-14-18(28(26-17)23(4,5)6)24-19(29)12-13-20-25-21(27-31-20)15-8-10-16(30-7)11-9-15/h8-11,14H,12-13H2,1-7H3,(H,24,29). The summed E-state index contributed by atoms with van der Waals surface area (Å²) in [5.41, 5.74) is 1.38. The van der Waals surface area contributed by atoms with Crippen LogP contribution in [0.2, 0.25) is 0 Å². The molecule has 31 heavy (non-hydrogen) atoms. The number of hydrogen-bond acceptors (Lipinski definition) is 6. The Kier molecular flexibility index (Phi) is 6.20. The van der Waals surface area contributed by atoms with Crippen molar-refractivity contribution in [1.29, 1.82) is 0 Å². The second-order valence-corrected chi connectivity index (χ2v) is 9.54. The highest BCUT2D eigenvalue weighted by molar-refractivity contribution is 5.90. The van der Waals surface area contributed by atoms with Crippen LogP contribution < -0.4 is 10.1 Å². The Balaban J connectivity index is 1.66. The molecule has 0 aliphatic heterocycles. The maximum Gasteiger partial charge on any atom is 0.227 e. The van der Waals surface area contributed by atoms with Crippen LogP contribution in [0.15, 0.2) is 34.9 Å². The first kappa shape index (κ1) is 22.5. The number of nitrogens with zero attached hydrogens (tertiary/aromatic N) is 4. The minimum atomic E-state index is -0.258. The second-order valence-electron chi connectivity index (χ2n) is 9.54. The second kappa shape index (κ2) is 8.53. The van der Waals surface area contributed by atoms with Gasteiger partial charge in [0.2, 0.25) is 17.6 Å². The van der Waals surface area contributed by atoms with Crippen LogP contribution >= 0.6 is 0 Å². The molecule has 0 bridgehead atoms. The monoisotopic (exact) mass is 425 g/mol. The van der Waals surface area contributed by atoms with Crippen LogP contribution in [0.3, 0.4) is 0 Å². The number of amides is 1. The Bertz CT molecular complexity index is 1040. The fourth-order valence-corrected chi connectivity index (χ4v) is 2.99. The summed E-state index contributed by atoms with van der Waals surface area (Å²) in [6.07, 6.45) is 0.579. The van der Waals surface area contributed by atoms with Crippen LogP contribution in [0.5, 0.6) is 5.75 Å². The Hall–Kier alpha value is -3.16. The number of hydrogen-bond donors (Lipinski definition) is 1. The van der Waals surface area contributed by atoms with Crippen molar-refractivity contribution in [3.63, 3.8) is 0 Å². The maximum atomic E-state index is 12.6. The van der Waals surface area contributed by atoms with Gasteiger partial charge in [0.25, 0.3) is 0 Å². The molecule has 0 aliphatic rings. The van der Waals surface area contributed by atoms with E-state index >= 15 is 0 Å². The molecule has 0 spiro atoms. The number of benzene rings is 1. The quantitative estimate of drug-likeness (QED) is 0.622. The number of ether oxygens (including phenoxy) is 1. The molecule has 2 heterocycles. The van der Waals surface area contributed by atoms with Crippen molar-refractivity contribution in [3.8, 4) is 17.1 Å². The molecule has 1 aromatic carbocycles. The van der Waals surface area contributed by atoms with Crippen LogP contribution in [-0.2, 0) is 22.2 Å². The maximum absolute atomic E-state index is 12.6. The van der Waals surface area contributed by atoms with Gasteiger partial charge in [-0.3, -0.25) is 4.79 Å². The first-order valence-corrected chi connectivity index (χ1v) is 10.4. The van der Waals surface area contributed by atoms with Gasteiger partial charge in [0.15, 0.2) is 0 Å². The van der Waals surface area contributed by atoms with Gasteiger partial charge in [-0.1, -0.05) is 25.9 Å². The average Bonchev–Trinajstić information content (AvgIpc) is 3.33. The Labute approximate surface area is 183 Å². The smallest absolute Gasteiger partial charge is 0.227 e. The van der Waals surface area contributed by atoms with Gasteiger partial charge in [0.1, 0.15) is 11.6 Å². The van der Waals surface area contributed by atoms with Gasteiger partial charge in [-0.15, -0.1) is 0 Å². The molecule has 1 amide bonds. The molecule has 0 aliphatic carbocycles. The SMILES string of the molecule is COc1ccc(-c2noc(CCC(=O)Nc3cc(C(C)(C)C)nn3C(C)(C)C)n2)cc1. The Morgan fingerprint density at radius 1 is 1.13 bits per heavy atom. The van der Waals surface area contributed by atoms with Gasteiger partial charge in [-0.25, -0.2) is 4.68 Å². The Morgan fingerprint density at radius 3 is 2.39 bits per heavy atom. The normalized spacial score (nSPS) is 12.1. The highest BCUT2D eigenvalue weighted by Gasteiger charge is 2.25. The first-order valence-electron chi connectivity index (χ1n) is 10.4. The summed E-state index contributed by atoms with van der Waals surface area (Å²) in [5, 5.41) is 11.7. The molecule has 8 nitrogen and oxygen atoms in total. The summed E-state index contributed by atoms with van der Waals surface area (Å²) in [6.45, 7) is 12.5. The predicted molar refractivity (Wildman–Crippen MR) is 119 cm³/mol. The fourth-order valence-electron chi connectivity index (χ4n) is 2.99. The van der Waals surface area contributed by atoms with Gasteiger partial charge in [0, 0.05) is 29.9 Å². The number of carbonyl (C=O) groups is 1. The van der Waals surface area contributed by atoms with Gasteiger partial charge in [0.05, 0.1) is 18.3 Å². The molecule has 1 N–H and O–H groups in total. The molecule has 8 heteroatoms. The largest absolute Gasteiger partial charge is 0.497 e. The lowest BCUT2D eigenvalue weighted by atomic mass is 9.92. The highest BCUT2D eigenvalue weighted by Crippen LogP contribution is 2.28. The minimum Gasteiger partial charge on any atom is -0.497 e. The van der Waals surface area contributed by atoms with Crippen molar-refractivity contribution >= 4 is 11.7 Å². The third-order valence-corrected chi connectivity index (χ3v) is 4.76. The molecule has 0 saturated heterocycles. The van der Waals surface area contributed by atoms with Gasteiger partial charge in [-0.2, -0.15) is 10.1 Å². The van der Waals surface area contributed by atoms with Crippen LogP contribution in [0, 0.1) is 0 Å². The van der Waals surface area contributed by atoms with Crippen molar-refractivity contribution in [3.05, 3.63) is 41.9 Å². The van der Waals surface area contributed by atoms with Crippen molar-refractivity contribution in [2.75, 3.05) is 12.4 Å². The zero-order chi connectivity index (χ0) is 22.8. The average molecular weight is 426 g/mol. The number of anilines is 1. The summed E-state index contributed by atoms with van der Waals surface area (Å²) < 4.78 is 12.3. The van der Waals surface area contributed by atoms with Gasteiger partial charge in [-0.05, 0) is 45.0 Å². The van der Waals surface area contributed by atoms with Crippen molar-refractivity contribution in [1.82, 2.24) is 19.9 Å². The summed E-state index contributed by atoms with van der Waals surface area (Å²) in [6, 6.07) is 9.34. The van der Waals surface area contributed by atoms with E-state index in [0.717, 1.165) is 17.0 Å². The molecular formula is C23H31N5O3. The minimum absolute atomic E-state index is 0.113. The number of rotatable bonds is 6. The van der Waals surface area contributed by atoms with E-state index < -0.39 is 0 Å². The lowest BCUT2D eigenvalue weighted by molar-refractivity contribution is -0.116. The van der Waals surface area contributed by atoms with Crippen LogP contribution in [0.25, 0.3) is 11.4 Å². The molecule has 166 valence electrons. The van der Waals surface area contributed by atoms with Crippen LogP contribution in [0.1, 0.15) is 59.5 Å². The Morgan fingerprint density at radius 2 is 1.81 bits per heavy atom. The van der Waals surface area contributed by atoms with Crippen LogP contribution in [-0.4, -0.2) is 32.9 Å². The zero-order valence-electron chi connectivity index (χ0n) is 19.3. The lowest BCUT2D eigenvalue weighted by Gasteiger charge is -2.23. The molecule has 0 atom stereocenters. The van der Waals surface area contributed by atoms with Gasteiger partial charge < -0.3 is 14.6 Å². The fraction of sp³-hybridized carbons (Fsp3) is 0.478. The van der Waals surface area contributed by atoms with Crippen molar-refractivity contribution in [2.45, 2.75) is 65.3 Å². The topological polar surface area (TPSA) is 95.1 Å². The molecule has 0 fully saturated rings. The van der Waals surface area contributed by atoms with Crippen molar-refractivity contribution < 1.29 is 14.1 Å². The molecule has 2 aromatic heterocycles.